The van der Waals surface area contributed by atoms with Crippen LogP contribution in [0.2, 0.25) is 0 Å². The molecule has 1 atom stereocenters. The van der Waals surface area contributed by atoms with Crippen LogP contribution >= 0.6 is 11.3 Å². The molecule has 3 heterocycles. The molecule has 8 heteroatoms. The topological polar surface area (TPSA) is 41.1 Å². The number of thiophene rings is 1. The van der Waals surface area contributed by atoms with Crippen LogP contribution in [-0.4, -0.2) is 16.5 Å². The molecule has 1 aromatic carbocycles. The molecule has 4 nitrogen and oxygen atoms in total. The van der Waals surface area contributed by atoms with Crippen LogP contribution in [-0.2, 0) is 12.5 Å². The van der Waals surface area contributed by atoms with Crippen LogP contribution in [0.3, 0.4) is 0 Å². The maximum atomic E-state index is 15.1. The minimum absolute atomic E-state index is 0.0288. The van der Waals surface area contributed by atoms with Gasteiger partial charge in [0.25, 0.3) is 5.92 Å². The first-order chi connectivity index (χ1) is 13.9. The van der Waals surface area contributed by atoms with Crippen molar-refractivity contribution < 1.29 is 13.2 Å². The van der Waals surface area contributed by atoms with E-state index in [1.54, 1.807) is 23.5 Å². The molecule has 29 heavy (non-hydrogen) atoms. The van der Waals surface area contributed by atoms with E-state index in [1.165, 1.54) is 18.5 Å². The lowest BCUT2D eigenvalue weighted by Crippen LogP contribution is -2.25. The van der Waals surface area contributed by atoms with Gasteiger partial charge in [0.15, 0.2) is 11.6 Å². The second-order valence-electron chi connectivity index (χ2n) is 7.21. The average Bonchev–Trinajstić information content (AvgIpc) is 3.39. The number of halogens is 3. The first kappa shape index (κ1) is 19.7. The average molecular weight is 418 g/mol. The second kappa shape index (κ2) is 8.02. The largest absolute Gasteiger partial charge is 0.363 e. The molecule has 0 radical (unpaired) electrons. The Bertz CT molecular complexity index is 955. The minimum Gasteiger partial charge on any atom is -0.363 e. The van der Waals surface area contributed by atoms with Crippen molar-refractivity contribution in [3.63, 3.8) is 0 Å². The van der Waals surface area contributed by atoms with E-state index in [0.717, 1.165) is 30.9 Å². The smallest absolute Gasteiger partial charge is 0.270 e. The van der Waals surface area contributed by atoms with Crippen LogP contribution < -0.4 is 10.2 Å². The molecule has 1 fully saturated rings. The van der Waals surface area contributed by atoms with E-state index >= 15 is 4.39 Å². The van der Waals surface area contributed by atoms with Crippen LogP contribution in [0.25, 0.3) is 0 Å². The monoisotopic (exact) mass is 418 g/mol. The van der Waals surface area contributed by atoms with Crippen molar-refractivity contribution in [1.29, 1.82) is 0 Å². The first-order valence-electron chi connectivity index (χ1n) is 9.44. The number of alkyl halides is 2. The van der Waals surface area contributed by atoms with Gasteiger partial charge in [0.05, 0.1) is 6.04 Å². The summed E-state index contributed by atoms with van der Waals surface area (Å²) < 4.78 is 42.1. The van der Waals surface area contributed by atoms with Crippen molar-refractivity contribution in [2.75, 3.05) is 16.8 Å². The highest BCUT2D eigenvalue weighted by Gasteiger charge is 2.31. The van der Waals surface area contributed by atoms with Crippen molar-refractivity contribution in [2.45, 2.75) is 38.3 Å². The number of hydrogen-bond donors (Lipinski definition) is 1. The van der Waals surface area contributed by atoms with Crippen molar-refractivity contribution in [3.05, 3.63) is 69.9 Å². The molecule has 1 aliphatic heterocycles. The summed E-state index contributed by atoms with van der Waals surface area (Å²) in [4.78, 5) is 10.1. The van der Waals surface area contributed by atoms with Gasteiger partial charge >= 0.3 is 0 Å². The number of benzene rings is 1. The summed E-state index contributed by atoms with van der Waals surface area (Å²) in [6, 6.07) is 8.14. The van der Waals surface area contributed by atoms with Crippen molar-refractivity contribution >= 4 is 23.0 Å². The van der Waals surface area contributed by atoms with E-state index in [9.17, 15) is 8.78 Å². The molecule has 3 aromatic rings. The van der Waals surface area contributed by atoms with Crippen LogP contribution in [0.4, 0.5) is 24.8 Å². The Hall–Kier alpha value is -2.61. The molecule has 0 bridgehead atoms. The maximum Gasteiger partial charge on any atom is 0.270 e. The predicted octanol–water partition coefficient (Wildman–Crippen LogP) is 5.74. The fraction of sp³-hybridized carbons (Fsp3) is 0.333. The molecular weight excluding hydrogens is 397 g/mol. The Morgan fingerprint density at radius 1 is 1.21 bits per heavy atom. The molecule has 1 saturated heterocycles. The van der Waals surface area contributed by atoms with Crippen LogP contribution in [0.1, 0.15) is 42.5 Å². The number of nitrogens with zero attached hydrogens (tertiary/aromatic N) is 3. The molecule has 0 spiro atoms. The van der Waals surface area contributed by atoms with Gasteiger partial charge < -0.3 is 10.2 Å². The molecule has 0 amide bonds. The molecule has 1 aliphatic rings. The van der Waals surface area contributed by atoms with Gasteiger partial charge in [0, 0.05) is 25.6 Å². The Kier molecular flexibility index (Phi) is 5.45. The lowest BCUT2D eigenvalue weighted by Gasteiger charge is -2.27. The third kappa shape index (κ3) is 4.22. The van der Waals surface area contributed by atoms with Crippen molar-refractivity contribution in [1.82, 2.24) is 9.97 Å². The summed E-state index contributed by atoms with van der Waals surface area (Å²) >= 11 is 1.58. The first-order valence-corrected chi connectivity index (χ1v) is 10.4. The Balaban J connectivity index is 1.56. The highest BCUT2D eigenvalue weighted by atomic mass is 32.1. The molecule has 1 unspecified atom stereocenters. The number of aromatic nitrogens is 2. The predicted molar refractivity (Wildman–Crippen MR) is 109 cm³/mol. The fourth-order valence-corrected chi connectivity index (χ4v) is 4.30. The zero-order valence-electron chi connectivity index (χ0n) is 15.9. The lowest BCUT2D eigenvalue weighted by atomic mass is 10.0. The minimum atomic E-state index is -2.88. The lowest BCUT2D eigenvalue weighted by molar-refractivity contribution is 0.0174. The van der Waals surface area contributed by atoms with Gasteiger partial charge in [0.2, 0.25) is 5.82 Å². The van der Waals surface area contributed by atoms with Gasteiger partial charge in [-0.3, -0.25) is 0 Å². The number of nitrogens with one attached hydrogen (secondary N) is 1. The quantitative estimate of drug-likeness (QED) is 0.554. The molecule has 1 N–H and O–H groups in total. The standard InChI is InChI=1S/C21H21F3N4S/c1-21(23,24)16-6-4-15(5-7-16)17-3-2-9-28(17)20-18(22)19(26-13-27-20)25-11-14-8-10-29-12-14/h4-8,10,12-13,17H,2-3,9,11H2,1H3,(H,25,26,27). The Labute approximate surface area is 171 Å². The van der Waals surface area contributed by atoms with Gasteiger partial charge in [-0.15, -0.1) is 0 Å². The maximum absolute atomic E-state index is 15.1. The van der Waals surface area contributed by atoms with Crippen molar-refractivity contribution in [3.8, 4) is 0 Å². The SMILES string of the molecule is CC(F)(F)c1ccc(C2CCCN2c2ncnc(NCc3ccsc3)c2F)cc1. The molecule has 2 aromatic heterocycles. The summed E-state index contributed by atoms with van der Waals surface area (Å²) in [7, 11) is 0. The van der Waals surface area contributed by atoms with Crippen LogP contribution in [0.15, 0.2) is 47.4 Å². The van der Waals surface area contributed by atoms with Gasteiger partial charge in [-0.05, 0) is 40.8 Å². The van der Waals surface area contributed by atoms with E-state index in [2.05, 4.69) is 15.3 Å². The summed E-state index contributed by atoms with van der Waals surface area (Å²) in [6.07, 6.45) is 3.03. The highest BCUT2D eigenvalue weighted by molar-refractivity contribution is 7.07. The molecule has 4 rings (SSSR count). The van der Waals surface area contributed by atoms with Crippen LogP contribution in [0, 0.1) is 5.82 Å². The molecular formula is C21H21F3N4S. The summed E-state index contributed by atoms with van der Waals surface area (Å²) in [5, 5.41) is 6.99. The van der Waals surface area contributed by atoms with Crippen LogP contribution in [0.5, 0.6) is 0 Å². The third-order valence-corrected chi connectivity index (χ3v) is 5.87. The van der Waals surface area contributed by atoms with E-state index < -0.39 is 11.7 Å². The Morgan fingerprint density at radius 3 is 2.69 bits per heavy atom. The van der Waals surface area contributed by atoms with Gasteiger partial charge in [-0.2, -0.15) is 15.7 Å². The van der Waals surface area contributed by atoms with Gasteiger partial charge in [0.1, 0.15) is 6.33 Å². The molecule has 152 valence electrons. The number of rotatable bonds is 6. The normalized spacial score (nSPS) is 17.0. The Morgan fingerprint density at radius 2 is 2.00 bits per heavy atom. The van der Waals surface area contributed by atoms with E-state index in [0.29, 0.717) is 13.1 Å². The van der Waals surface area contributed by atoms with E-state index in [1.807, 2.05) is 21.7 Å². The second-order valence-corrected chi connectivity index (χ2v) is 7.99. The summed E-state index contributed by atoms with van der Waals surface area (Å²) in [5.41, 5.74) is 1.90. The number of hydrogen-bond acceptors (Lipinski definition) is 5. The van der Waals surface area contributed by atoms with E-state index in [4.69, 9.17) is 0 Å². The van der Waals surface area contributed by atoms with E-state index in [-0.39, 0.29) is 23.2 Å². The number of anilines is 2. The third-order valence-electron chi connectivity index (χ3n) is 5.14. The zero-order chi connectivity index (χ0) is 20.4. The van der Waals surface area contributed by atoms with Gasteiger partial charge in [-0.25, -0.2) is 18.7 Å². The fourth-order valence-electron chi connectivity index (χ4n) is 3.63. The summed E-state index contributed by atoms with van der Waals surface area (Å²) in [6.45, 7) is 2.01. The summed E-state index contributed by atoms with van der Waals surface area (Å²) in [5.74, 6) is -2.98. The molecule has 0 saturated carbocycles. The molecule has 0 aliphatic carbocycles. The highest BCUT2D eigenvalue weighted by Crippen LogP contribution is 2.38. The zero-order valence-corrected chi connectivity index (χ0v) is 16.7. The van der Waals surface area contributed by atoms with Crippen molar-refractivity contribution in [2.24, 2.45) is 0 Å². The van der Waals surface area contributed by atoms with Gasteiger partial charge in [-0.1, -0.05) is 24.3 Å².